The van der Waals surface area contributed by atoms with E-state index in [0.29, 0.717) is 17.8 Å². The van der Waals surface area contributed by atoms with Gasteiger partial charge in [0.25, 0.3) is 0 Å². The Hall–Kier alpha value is -0.0800. The summed E-state index contributed by atoms with van der Waals surface area (Å²) in [5, 5.41) is 0. The molecule has 0 aliphatic carbocycles. The van der Waals surface area contributed by atoms with Gasteiger partial charge in [-0.15, -0.1) is 0 Å². The van der Waals surface area contributed by atoms with Crippen molar-refractivity contribution >= 4 is 0 Å². The van der Waals surface area contributed by atoms with Crippen LogP contribution >= 0.6 is 0 Å². The van der Waals surface area contributed by atoms with Gasteiger partial charge in [-0.2, -0.15) is 0 Å². The second kappa shape index (κ2) is 14.1. The van der Waals surface area contributed by atoms with Crippen LogP contribution in [0.15, 0.2) is 0 Å². The fourth-order valence-corrected chi connectivity index (χ4v) is 3.88. The summed E-state index contributed by atoms with van der Waals surface area (Å²) in [6.07, 6.45) is 11.6. The van der Waals surface area contributed by atoms with E-state index in [1.54, 1.807) is 0 Å². The van der Waals surface area contributed by atoms with Crippen molar-refractivity contribution in [3.63, 3.8) is 0 Å². The van der Waals surface area contributed by atoms with E-state index in [4.69, 9.17) is 9.47 Å². The fraction of sp³-hybridized carbons (Fsp3) is 1.00. The third-order valence-corrected chi connectivity index (χ3v) is 4.75. The summed E-state index contributed by atoms with van der Waals surface area (Å²) in [5.41, 5.74) is 0. The minimum atomic E-state index is -0.384. The molecule has 0 aliphatic rings. The van der Waals surface area contributed by atoms with Gasteiger partial charge in [-0.1, -0.05) is 73.1 Å². The van der Waals surface area contributed by atoms with Crippen LogP contribution in [0.4, 0.5) is 0 Å². The Morgan fingerprint density at radius 1 is 0.708 bits per heavy atom. The number of hydrogen-bond acceptors (Lipinski definition) is 2. The number of ether oxygens (including phenoxy) is 2. The summed E-state index contributed by atoms with van der Waals surface area (Å²) in [6.45, 7) is 17.2. The fourth-order valence-electron chi connectivity index (χ4n) is 3.88. The lowest BCUT2D eigenvalue weighted by Gasteiger charge is -2.42. The molecule has 0 saturated heterocycles. The Kier molecular flexibility index (Phi) is 14.1. The highest BCUT2D eigenvalue weighted by atomic mass is 16.7. The zero-order chi connectivity index (χ0) is 18.4. The minimum Gasteiger partial charge on any atom is -0.350 e. The summed E-state index contributed by atoms with van der Waals surface area (Å²) >= 11 is 0. The van der Waals surface area contributed by atoms with Gasteiger partial charge in [0, 0.05) is 25.6 Å². The molecular formula is C22H46O2. The lowest BCUT2D eigenvalue weighted by Crippen LogP contribution is -2.45. The van der Waals surface area contributed by atoms with E-state index in [1.807, 2.05) is 0 Å². The zero-order valence-electron chi connectivity index (χ0n) is 17.8. The molecule has 0 aromatic rings. The van der Waals surface area contributed by atoms with E-state index in [-0.39, 0.29) is 5.79 Å². The van der Waals surface area contributed by atoms with Crippen molar-refractivity contribution in [2.45, 2.75) is 112 Å². The summed E-state index contributed by atoms with van der Waals surface area (Å²) in [4.78, 5) is 0. The molecule has 0 spiro atoms. The molecular weight excluding hydrogens is 296 g/mol. The Bertz CT molecular complexity index is 267. The molecule has 0 aromatic heterocycles. The van der Waals surface area contributed by atoms with Crippen molar-refractivity contribution in [3.05, 3.63) is 0 Å². The average Bonchev–Trinajstić information content (AvgIpc) is 2.49. The highest BCUT2D eigenvalue weighted by Gasteiger charge is 2.40. The summed E-state index contributed by atoms with van der Waals surface area (Å²) < 4.78 is 12.6. The third kappa shape index (κ3) is 10.0. The van der Waals surface area contributed by atoms with Crippen LogP contribution in [0, 0.1) is 17.8 Å². The van der Waals surface area contributed by atoms with Crippen molar-refractivity contribution < 1.29 is 9.47 Å². The van der Waals surface area contributed by atoms with Crippen LogP contribution in [0.5, 0.6) is 0 Å². The topological polar surface area (TPSA) is 18.5 Å². The Morgan fingerprint density at radius 2 is 1.25 bits per heavy atom. The predicted molar refractivity (Wildman–Crippen MR) is 106 cm³/mol. The van der Waals surface area contributed by atoms with E-state index in [9.17, 15) is 0 Å². The van der Waals surface area contributed by atoms with Gasteiger partial charge in [0.05, 0.1) is 0 Å². The quantitative estimate of drug-likeness (QED) is 0.218. The lowest BCUT2D eigenvalue weighted by molar-refractivity contribution is -0.275. The van der Waals surface area contributed by atoms with E-state index in [0.717, 1.165) is 19.6 Å². The van der Waals surface area contributed by atoms with Crippen LogP contribution in [0.3, 0.4) is 0 Å². The van der Waals surface area contributed by atoms with Gasteiger partial charge in [0.1, 0.15) is 0 Å². The first-order valence-electron chi connectivity index (χ1n) is 10.7. The van der Waals surface area contributed by atoms with Crippen molar-refractivity contribution in [1.29, 1.82) is 0 Å². The van der Waals surface area contributed by atoms with Crippen LogP contribution in [-0.2, 0) is 9.47 Å². The predicted octanol–water partition coefficient (Wildman–Crippen LogP) is 7.21. The third-order valence-electron chi connectivity index (χ3n) is 4.75. The first-order chi connectivity index (χ1) is 11.4. The molecule has 146 valence electrons. The van der Waals surface area contributed by atoms with Crippen molar-refractivity contribution in [2.24, 2.45) is 17.8 Å². The molecule has 0 N–H and O–H groups in total. The SMILES string of the molecule is CCCCCCCCC(CC(C)C)C(CC(C)C)(OCC)OCC. The first kappa shape index (κ1) is 23.9. The molecule has 0 bridgehead atoms. The van der Waals surface area contributed by atoms with Gasteiger partial charge in [-0.25, -0.2) is 0 Å². The molecule has 24 heavy (non-hydrogen) atoms. The average molecular weight is 343 g/mol. The maximum Gasteiger partial charge on any atom is 0.171 e. The van der Waals surface area contributed by atoms with Crippen LogP contribution < -0.4 is 0 Å². The van der Waals surface area contributed by atoms with Gasteiger partial charge in [0.15, 0.2) is 5.79 Å². The highest BCUT2D eigenvalue weighted by molar-refractivity contribution is 4.82. The minimum absolute atomic E-state index is 0.384. The molecule has 0 heterocycles. The Morgan fingerprint density at radius 3 is 1.71 bits per heavy atom. The Labute approximate surface area is 153 Å². The molecule has 1 atom stereocenters. The van der Waals surface area contributed by atoms with E-state index in [2.05, 4.69) is 48.5 Å². The highest BCUT2D eigenvalue weighted by Crippen LogP contribution is 2.38. The molecule has 0 aliphatic heterocycles. The summed E-state index contributed by atoms with van der Waals surface area (Å²) in [5.74, 6) is 1.39. The first-order valence-corrected chi connectivity index (χ1v) is 10.7. The van der Waals surface area contributed by atoms with Crippen LogP contribution in [-0.4, -0.2) is 19.0 Å². The molecule has 0 rings (SSSR count). The normalized spacial score (nSPS) is 13.9. The van der Waals surface area contributed by atoms with Crippen LogP contribution in [0.2, 0.25) is 0 Å². The second-order valence-corrected chi connectivity index (χ2v) is 8.16. The molecule has 0 saturated carbocycles. The van der Waals surface area contributed by atoms with Crippen molar-refractivity contribution in [2.75, 3.05) is 13.2 Å². The molecule has 0 aromatic carbocycles. The second-order valence-electron chi connectivity index (χ2n) is 8.16. The molecule has 0 amide bonds. The van der Waals surface area contributed by atoms with E-state index >= 15 is 0 Å². The van der Waals surface area contributed by atoms with Crippen molar-refractivity contribution in [1.82, 2.24) is 0 Å². The van der Waals surface area contributed by atoms with Gasteiger partial charge < -0.3 is 9.47 Å². The molecule has 2 heteroatoms. The number of rotatable bonds is 16. The van der Waals surface area contributed by atoms with Gasteiger partial charge in [0.2, 0.25) is 0 Å². The smallest absolute Gasteiger partial charge is 0.171 e. The van der Waals surface area contributed by atoms with Crippen LogP contribution in [0.1, 0.15) is 106 Å². The molecule has 0 fully saturated rings. The van der Waals surface area contributed by atoms with E-state index < -0.39 is 0 Å². The maximum atomic E-state index is 6.32. The van der Waals surface area contributed by atoms with Gasteiger partial charge in [-0.05, 0) is 38.5 Å². The maximum absolute atomic E-state index is 6.32. The summed E-state index contributed by atoms with van der Waals surface area (Å²) in [7, 11) is 0. The Balaban J connectivity index is 4.92. The van der Waals surface area contributed by atoms with E-state index in [1.165, 1.54) is 51.4 Å². The van der Waals surface area contributed by atoms with Gasteiger partial charge >= 0.3 is 0 Å². The molecule has 2 nitrogen and oxygen atoms in total. The monoisotopic (exact) mass is 342 g/mol. The summed E-state index contributed by atoms with van der Waals surface area (Å²) in [6, 6.07) is 0. The van der Waals surface area contributed by atoms with Gasteiger partial charge in [-0.3, -0.25) is 0 Å². The number of unbranched alkanes of at least 4 members (excludes halogenated alkanes) is 5. The largest absolute Gasteiger partial charge is 0.350 e. The zero-order valence-corrected chi connectivity index (χ0v) is 17.8. The lowest BCUT2D eigenvalue weighted by atomic mass is 9.81. The van der Waals surface area contributed by atoms with Crippen LogP contribution in [0.25, 0.3) is 0 Å². The van der Waals surface area contributed by atoms with Crippen molar-refractivity contribution in [3.8, 4) is 0 Å². The molecule has 1 unspecified atom stereocenters. The number of hydrogen-bond donors (Lipinski definition) is 0. The molecule has 0 radical (unpaired) electrons. The standard InChI is InChI=1S/C22H46O2/c1-8-11-12-13-14-15-16-21(17-19(4)5)22(23-9-2,24-10-3)18-20(6)7/h19-21H,8-18H2,1-7H3.